The quantitative estimate of drug-likeness (QED) is 0.788. The van der Waals surface area contributed by atoms with Gasteiger partial charge in [-0.2, -0.15) is 0 Å². The lowest BCUT2D eigenvalue weighted by molar-refractivity contribution is 0.456. The second kappa shape index (κ2) is 5.52. The molecule has 0 radical (unpaired) electrons. The molecule has 2 unspecified atom stereocenters. The molecule has 1 nitrogen and oxygen atoms in total. The molecule has 86 valence electrons. The number of hydrogen-bond acceptors (Lipinski definition) is 2. The molecule has 0 saturated heterocycles. The Labute approximate surface area is 102 Å². The molecule has 1 aromatic heterocycles. The van der Waals surface area contributed by atoms with E-state index < -0.39 is 0 Å². The molecule has 2 heteroatoms. The molecule has 0 bridgehead atoms. The van der Waals surface area contributed by atoms with Crippen LogP contribution in [0.25, 0.3) is 0 Å². The standard InChI is InChI=1S/C14H19NS/c1-3-9-15-13(4-2)11-6-5-7-14-12(11)8-10-16-14/h2,8,10-11,13,15H,3,5-7,9H2,1H3. The lowest BCUT2D eigenvalue weighted by atomic mass is 9.83. The summed E-state index contributed by atoms with van der Waals surface area (Å²) in [6, 6.07) is 2.48. The summed E-state index contributed by atoms with van der Waals surface area (Å²) in [5, 5.41) is 5.69. The number of rotatable bonds is 4. The van der Waals surface area contributed by atoms with Crippen molar-refractivity contribution in [2.45, 2.75) is 44.6 Å². The molecule has 0 amide bonds. The van der Waals surface area contributed by atoms with Crippen molar-refractivity contribution in [1.82, 2.24) is 5.32 Å². The summed E-state index contributed by atoms with van der Waals surface area (Å²) in [5.41, 5.74) is 1.50. The molecule has 2 rings (SSSR count). The highest BCUT2D eigenvalue weighted by molar-refractivity contribution is 7.10. The zero-order valence-corrected chi connectivity index (χ0v) is 10.6. The van der Waals surface area contributed by atoms with Gasteiger partial charge in [0, 0.05) is 10.8 Å². The van der Waals surface area contributed by atoms with Gasteiger partial charge in [-0.25, -0.2) is 0 Å². The molecule has 1 heterocycles. The Balaban J connectivity index is 2.13. The lowest BCUT2D eigenvalue weighted by Gasteiger charge is -2.28. The summed E-state index contributed by atoms with van der Waals surface area (Å²) in [5.74, 6) is 3.46. The highest BCUT2D eigenvalue weighted by Gasteiger charge is 2.26. The smallest absolute Gasteiger partial charge is 0.0756 e. The van der Waals surface area contributed by atoms with Crippen molar-refractivity contribution in [2.75, 3.05) is 6.54 Å². The maximum Gasteiger partial charge on any atom is 0.0756 e. The predicted octanol–water partition coefficient (Wildman–Crippen LogP) is 3.17. The first-order chi connectivity index (χ1) is 7.86. The van der Waals surface area contributed by atoms with Crippen molar-refractivity contribution in [3.8, 4) is 12.3 Å². The van der Waals surface area contributed by atoms with E-state index in [1.807, 2.05) is 11.3 Å². The molecule has 1 aliphatic carbocycles. The Morgan fingerprint density at radius 2 is 2.56 bits per heavy atom. The fourth-order valence-corrected chi connectivity index (χ4v) is 3.48. The Hall–Kier alpha value is -0.780. The summed E-state index contributed by atoms with van der Waals surface area (Å²) in [6.45, 7) is 3.20. The van der Waals surface area contributed by atoms with Gasteiger partial charge in [0.2, 0.25) is 0 Å². The molecule has 0 aromatic carbocycles. The first kappa shape index (κ1) is 11.7. The first-order valence-corrected chi connectivity index (χ1v) is 7.00. The van der Waals surface area contributed by atoms with Crippen LogP contribution >= 0.6 is 11.3 Å². The lowest BCUT2D eigenvalue weighted by Crippen LogP contribution is -2.35. The SMILES string of the molecule is C#CC(NCCC)C1CCCc2sccc21. The molecule has 0 spiro atoms. The van der Waals surface area contributed by atoms with Crippen LogP contribution in [-0.4, -0.2) is 12.6 Å². The Kier molecular flexibility index (Phi) is 4.04. The summed E-state index contributed by atoms with van der Waals surface area (Å²) in [4.78, 5) is 1.55. The van der Waals surface area contributed by atoms with Crippen molar-refractivity contribution in [3.05, 3.63) is 21.9 Å². The van der Waals surface area contributed by atoms with E-state index in [-0.39, 0.29) is 6.04 Å². The van der Waals surface area contributed by atoms with Gasteiger partial charge in [0.15, 0.2) is 0 Å². The number of nitrogens with one attached hydrogen (secondary N) is 1. The Morgan fingerprint density at radius 3 is 3.31 bits per heavy atom. The normalized spacial score (nSPS) is 21.1. The van der Waals surface area contributed by atoms with Crippen molar-refractivity contribution in [1.29, 1.82) is 0 Å². The molecule has 0 aliphatic heterocycles. The highest BCUT2D eigenvalue weighted by atomic mass is 32.1. The molecule has 0 fully saturated rings. The summed E-state index contributed by atoms with van der Waals surface area (Å²) in [7, 11) is 0. The minimum atomic E-state index is 0.216. The van der Waals surface area contributed by atoms with E-state index in [4.69, 9.17) is 6.42 Å². The van der Waals surface area contributed by atoms with Crippen LogP contribution in [0.2, 0.25) is 0 Å². The maximum atomic E-state index is 5.66. The molecular formula is C14H19NS. The number of thiophene rings is 1. The van der Waals surface area contributed by atoms with Crippen LogP contribution < -0.4 is 5.32 Å². The number of terminal acetylenes is 1. The average molecular weight is 233 g/mol. The van der Waals surface area contributed by atoms with Crippen LogP contribution in [0.4, 0.5) is 0 Å². The number of aryl methyl sites for hydroxylation is 1. The Morgan fingerprint density at radius 1 is 1.69 bits per heavy atom. The van der Waals surface area contributed by atoms with Gasteiger partial charge in [0.25, 0.3) is 0 Å². The van der Waals surface area contributed by atoms with Crippen molar-refractivity contribution in [3.63, 3.8) is 0 Å². The van der Waals surface area contributed by atoms with Crippen molar-refractivity contribution in [2.24, 2.45) is 0 Å². The maximum absolute atomic E-state index is 5.66. The van der Waals surface area contributed by atoms with Crippen LogP contribution in [0.5, 0.6) is 0 Å². The van der Waals surface area contributed by atoms with E-state index >= 15 is 0 Å². The van der Waals surface area contributed by atoms with Gasteiger partial charge in [-0.1, -0.05) is 12.8 Å². The molecular weight excluding hydrogens is 214 g/mol. The molecule has 1 N–H and O–H groups in total. The molecule has 16 heavy (non-hydrogen) atoms. The van der Waals surface area contributed by atoms with Crippen LogP contribution in [0.15, 0.2) is 11.4 Å². The second-order valence-corrected chi connectivity index (χ2v) is 5.40. The third kappa shape index (κ3) is 2.31. The average Bonchev–Trinajstić information content (AvgIpc) is 2.78. The predicted molar refractivity (Wildman–Crippen MR) is 70.9 cm³/mol. The Bertz CT molecular complexity index is 374. The van der Waals surface area contributed by atoms with E-state index in [1.54, 1.807) is 4.88 Å². The number of fused-ring (bicyclic) bond motifs is 1. The first-order valence-electron chi connectivity index (χ1n) is 6.12. The van der Waals surface area contributed by atoms with Crippen LogP contribution in [0.3, 0.4) is 0 Å². The molecule has 1 aromatic rings. The van der Waals surface area contributed by atoms with E-state index in [9.17, 15) is 0 Å². The molecule has 0 saturated carbocycles. The third-order valence-electron chi connectivity index (χ3n) is 3.29. The zero-order chi connectivity index (χ0) is 11.4. The minimum absolute atomic E-state index is 0.216. The van der Waals surface area contributed by atoms with Crippen LogP contribution in [0.1, 0.15) is 42.5 Å². The largest absolute Gasteiger partial charge is 0.303 e. The monoisotopic (exact) mass is 233 g/mol. The van der Waals surface area contributed by atoms with Crippen LogP contribution in [0, 0.1) is 12.3 Å². The van der Waals surface area contributed by atoms with E-state index in [0.29, 0.717) is 5.92 Å². The topological polar surface area (TPSA) is 12.0 Å². The van der Waals surface area contributed by atoms with Crippen LogP contribution in [-0.2, 0) is 6.42 Å². The second-order valence-electron chi connectivity index (χ2n) is 4.40. The van der Waals surface area contributed by atoms with Gasteiger partial charge in [-0.15, -0.1) is 17.8 Å². The minimum Gasteiger partial charge on any atom is -0.303 e. The van der Waals surface area contributed by atoms with E-state index in [0.717, 1.165) is 13.0 Å². The van der Waals surface area contributed by atoms with Gasteiger partial charge < -0.3 is 5.32 Å². The molecule has 2 atom stereocenters. The summed E-state index contributed by atoms with van der Waals surface area (Å²) in [6.07, 6.45) is 10.6. The van der Waals surface area contributed by atoms with Crippen molar-refractivity contribution < 1.29 is 0 Å². The van der Waals surface area contributed by atoms with Gasteiger partial charge in [-0.05, 0) is 49.2 Å². The van der Waals surface area contributed by atoms with E-state index in [1.165, 1.54) is 24.8 Å². The van der Waals surface area contributed by atoms with Crippen molar-refractivity contribution >= 4 is 11.3 Å². The van der Waals surface area contributed by atoms with Gasteiger partial charge >= 0.3 is 0 Å². The summed E-state index contributed by atoms with van der Waals surface area (Å²) >= 11 is 1.88. The third-order valence-corrected chi connectivity index (χ3v) is 4.29. The van der Waals surface area contributed by atoms with Gasteiger partial charge in [0.1, 0.15) is 0 Å². The summed E-state index contributed by atoms with van der Waals surface area (Å²) < 4.78 is 0. The molecule has 1 aliphatic rings. The fraction of sp³-hybridized carbons (Fsp3) is 0.571. The highest BCUT2D eigenvalue weighted by Crippen LogP contribution is 2.36. The van der Waals surface area contributed by atoms with E-state index in [2.05, 4.69) is 29.6 Å². The van der Waals surface area contributed by atoms with Gasteiger partial charge in [-0.3, -0.25) is 0 Å². The zero-order valence-electron chi connectivity index (χ0n) is 9.83. The van der Waals surface area contributed by atoms with Gasteiger partial charge in [0.05, 0.1) is 6.04 Å². The fourth-order valence-electron chi connectivity index (χ4n) is 2.49. The number of hydrogen-bond donors (Lipinski definition) is 1.